The van der Waals surface area contributed by atoms with E-state index < -0.39 is 24.6 Å². The van der Waals surface area contributed by atoms with Crippen molar-refractivity contribution in [1.82, 2.24) is 0 Å². The van der Waals surface area contributed by atoms with E-state index >= 15 is 0 Å². The fourth-order valence-electron chi connectivity index (χ4n) is 2.44. The number of benzene rings is 2. The molecule has 0 radical (unpaired) electrons. The van der Waals surface area contributed by atoms with Crippen LogP contribution in [0.25, 0.3) is 12.2 Å². The molecule has 0 spiro atoms. The summed E-state index contributed by atoms with van der Waals surface area (Å²) in [5.74, 6) is -0.807. The molecule has 2 aromatic carbocycles. The van der Waals surface area contributed by atoms with Gasteiger partial charge in [0, 0.05) is 17.7 Å². The molecule has 0 aliphatic carbocycles. The van der Waals surface area contributed by atoms with Crippen LogP contribution in [0.1, 0.15) is 16.7 Å². The van der Waals surface area contributed by atoms with Gasteiger partial charge in [0.1, 0.15) is 12.4 Å². The van der Waals surface area contributed by atoms with Gasteiger partial charge >= 0.3 is 11.9 Å². The summed E-state index contributed by atoms with van der Waals surface area (Å²) in [5, 5.41) is 18.6. The maximum Gasteiger partial charge on any atom is 0.331 e. The molecule has 2 N–H and O–H groups in total. The summed E-state index contributed by atoms with van der Waals surface area (Å²) < 4.78 is 15.3. The van der Waals surface area contributed by atoms with Crippen LogP contribution in [0.4, 0.5) is 0 Å². The van der Waals surface area contributed by atoms with Crippen LogP contribution in [0.5, 0.6) is 5.75 Å². The fourth-order valence-corrected chi connectivity index (χ4v) is 2.44. The van der Waals surface area contributed by atoms with Gasteiger partial charge in [0.15, 0.2) is 6.10 Å². The summed E-state index contributed by atoms with van der Waals surface area (Å²) in [7, 11) is 1.49. The number of aliphatic hydroxyl groups is 2. The predicted octanol–water partition coefficient (Wildman–Crippen LogP) is 2.36. The van der Waals surface area contributed by atoms with Gasteiger partial charge in [-0.1, -0.05) is 42.5 Å². The Balaban J connectivity index is 1.84. The second-order valence-electron chi connectivity index (χ2n) is 6.18. The normalized spacial score (nSPS) is 12.1. The van der Waals surface area contributed by atoms with Crippen LogP contribution in [0, 0.1) is 0 Å². The Morgan fingerprint density at radius 3 is 2.33 bits per heavy atom. The number of carbonyl (C=O) groups excluding carboxylic acids is 2. The number of hydrogen-bond acceptors (Lipinski definition) is 7. The molecule has 2 rings (SSSR count). The van der Waals surface area contributed by atoms with Gasteiger partial charge < -0.3 is 24.4 Å². The van der Waals surface area contributed by atoms with Crippen molar-refractivity contribution in [3.63, 3.8) is 0 Å². The summed E-state index contributed by atoms with van der Waals surface area (Å²) in [5.41, 5.74) is 2.14. The first-order valence-electron chi connectivity index (χ1n) is 9.23. The molecule has 7 nitrogen and oxygen atoms in total. The lowest BCUT2D eigenvalue weighted by atomic mass is 10.1. The van der Waals surface area contributed by atoms with Gasteiger partial charge in [0.2, 0.25) is 0 Å². The first-order chi connectivity index (χ1) is 14.5. The summed E-state index contributed by atoms with van der Waals surface area (Å²) in [6.07, 6.45) is 4.58. The third-order valence-corrected chi connectivity index (χ3v) is 4.00. The molecule has 0 aliphatic heterocycles. The van der Waals surface area contributed by atoms with E-state index in [1.807, 2.05) is 30.3 Å². The molecular weight excluding hydrogens is 388 g/mol. The number of aliphatic hydroxyl groups excluding tert-OH is 2. The Morgan fingerprint density at radius 1 is 0.967 bits per heavy atom. The van der Waals surface area contributed by atoms with E-state index in [2.05, 4.69) is 0 Å². The zero-order valence-corrected chi connectivity index (χ0v) is 16.6. The van der Waals surface area contributed by atoms with E-state index in [1.54, 1.807) is 24.3 Å². The molecule has 0 saturated carbocycles. The van der Waals surface area contributed by atoms with Crippen LogP contribution < -0.4 is 4.74 Å². The number of methoxy groups -OCH3 is 1. The zero-order valence-electron chi connectivity index (χ0n) is 16.6. The van der Waals surface area contributed by atoms with Crippen LogP contribution in [0.3, 0.4) is 0 Å². The maximum absolute atomic E-state index is 11.9. The van der Waals surface area contributed by atoms with Crippen molar-refractivity contribution >= 4 is 24.1 Å². The molecule has 0 heterocycles. The minimum Gasteiger partial charge on any atom is -0.496 e. The summed E-state index contributed by atoms with van der Waals surface area (Å²) in [6.45, 7) is -0.921. The van der Waals surface area contributed by atoms with Crippen molar-refractivity contribution in [2.24, 2.45) is 0 Å². The Bertz CT molecular complexity index is 888. The van der Waals surface area contributed by atoms with Gasteiger partial charge in [0.05, 0.1) is 20.3 Å². The second kappa shape index (κ2) is 12.2. The third-order valence-electron chi connectivity index (χ3n) is 4.00. The van der Waals surface area contributed by atoms with Crippen LogP contribution in [0.15, 0.2) is 60.7 Å². The van der Waals surface area contributed by atoms with Gasteiger partial charge in [-0.25, -0.2) is 9.59 Å². The van der Waals surface area contributed by atoms with Gasteiger partial charge in [-0.05, 0) is 29.3 Å². The molecule has 0 saturated heterocycles. The molecule has 7 heteroatoms. The average molecular weight is 412 g/mol. The second-order valence-corrected chi connectivity index (χ2v) is 6.18. The fraction of sp³-hybridized carbons (Fsp3) is 0.217. The smallest absolute Gasteiger partial charge is 0.331 e. The Labute approximate surface area is 174 Å². The van der Waals surface area contributed by atoms with Crippen LogP contribution in [-0.2, 0) is 25.7 Å². The lowest BCUT2D eigenvalue weighted by Crippen LogP contribution is -2.27. The zero-order chi connectivity index (χ0) is 21.8. The predicted molar refractivity (Wildman–Crippen MR) is 111 cm³/mol. The Hall–Kier alpha value is -3.42. The standard InChI is InChI=1S/C23H24O7/c1-28-21-13-18(7-10-19(21)14-24)9-11-22(26)29-16-20(15-25)30-23(27)12-8-17-5-3-2-4-6-17/h2-13,20,24-25H,14-16H2,1H3. The highest BCUT2D eigenvalue weighted by Gasteiger charge is 2.14. The van der Waals surface area contributed by atoms with Crippen molar-refractivity contribution in [2.75, 3.05) is 20.3 Å². The van der Waals surface area contributed by atoms with E-state index in [4.69, 9.17) is 14.2 Å². The lowest BCUT2D eigenvalue weighted by Gasteiger charge is -2.13. The molecule has 158 valence electrons. The van der Waals surface area contributed by atoms with Gasteiger partial charge in [-0.2, -0.15) is 0 Å². The summed E-state index contributed by atoms with van der Waals surface area (Å²) >= 11 is 0. The molecule has 0 fully saturated rings. The summed E-state index contributed by atoms with van der Waals surface area (Å²) in [4.78, 5) is 23.7. The number of esters is 2. The van der Waals surface area contributed by atoms with Crippen molar-refractivity contribution in [2.45, 2.75) is 12.7 Å². The molecule has 1 unspecified atom stereocenters. The molecule has 0 aliphatic rings. The Kier molecular flexibility index (Phi) is 9.30. The number of ether oxygens (including phenoxy) is 3. The van der Waals surface area contributed by atoms with E-state index in [0.717, 1.165) is 5.56 Å². The first kappa shape index (κ1) is 22.9. The highest BCUT2D eigenvalue weighted by molar-refractivity contribution is 5.88. The number of carbonyl (C=O) groups is 2. The molecule has 0 bridgehead atoms. The van der Waals surface area contributed by atoms with Crippen molar-refractivity contribution in [1.29, 1.82) is 0 Å². The van der Waals surface area contributed by atoms with E-state index in [9.17, 15) is 19.8 Å². The quantitative estimate of drug-likeness (QED) is 0.456. The van der Waals surface area contributed by atoms with Crippen LogP contribution in [0.2, 0.25) is 0 Å². The van der Waals surface area contributed by atoms with Crippen molar-refractivity contribution in [3.8, 4) is 5.75 Å². The summed E-state index contributed by atoms with van der Waals surface area (Å²) in [6, 6.07) is 14.3. The molecule has 0 amide bonds. The van der Waals surface area contributed by atoms with E-state index in [0.29, 0.717) is 16.9 Å². The SMILES string of the molecule is COc1cc(C=CC(=O)OCC(CO)OC(=O)C=Cc2ccccc2)ccc1CO. The number of rotatable bonds is 10. The largest absolute Gasteiger partial charge is 0.496 e. The molecule has 0 aromatic heterocycles. The topological polar surface area (TPSA) is 102 Å². The molecular formula is C23H24O7. The van der Waals surface area contributed by atoms with Gasteiger partial charge in [-0.3, -0.25) is 0 Å². The van der Waals surface area contributed by atoms with Gasteiger partial charge in [0.25, 0.3) is 0 Å². The highest BCUT2D eigenvalue weighted by Crippen LogP contribution is 2.20. The average Bonchev–Trinajstić information content (AvgIpc) is 2.79. The number of hydrogen-bond donors (Lipinski definition) is 2. The van der Waals surface area contributed by atoms with Crippen LogP contribution in [-0.4, -0.2) is 48.6 Å². The lowest BCUT2D eigenvalue weighted by molar-refractivity contribution is -0.154. The minimum atomic E-state index is -0.973. The minimum absolute atomic E-state index is 0.156. The third kappa shape index (κ3) is 7.54. The highest BCUT2D eigenvalue weighted by atomic mass is 16.6. The molecule has 2 aromatic rings. The Morgan fingerprint density at radius 2 is 1.67 bits per heavy atom. The van der Waals surface area contributed by atoms with Crippen molar-refractivity contribution < 1.29 is 34.0 Å². The molecule has 1 atom stereocenters. The monoisotopic (exact) mass is 412 g/mol. The maximum atomic E-state index is 11.9. The van der Waals surface area contributed by atoms with Crippen molar-refractivity contribution in [3.05, 3.63) is 77.4 Å². The molecule has 30 heavy (non-hydrogen) atoms. The van der Waals surface area contributed by atoms with Gasteiger partial charge in [-0.15, -0.1) is 0 Å². The van der Waals surface area contributed by atoms with Crippen LogP contribution >= 0.6 is 0 Å². The van der Waals surface area contributed by atoms with E-state index in [-0.39, 0.29) is 13.2 Å². The van der Waals surface area contributed by atoms with E-state index in [1.165, 1.54) is 25.3 Å². The first-order valence-corrected chi connectivity index (χ1v) is 9.23.